The number of carbonyl (C=O) groups excluding carboxylic acids is 3. The van der Waals surface area contributed by atoms with E-state index >= 15 is 0 Å². The Bertz CT molecular complexity index is 419. The first kappa shape index (κ1) is 17.2. The third-order valence-corrected chi connectivity index (χ3v) is 2.98. The predicted octanol–water partition coefficient (Wildman–Crippen LogP) is 1.95. The molecule has 0 saturated carbocycles. The van der Waals surface area contributed by atoms with Crippen LogP contribution in [0.25, 0.3) is 0 Å². The van der Waals surface area contributed by atoms with E-state index in [-0.39, 0.29) is 17.9 Å². The highest BCUT2D eigenvalue weighted by atomic mass is 16.6. The van der Waals surface area contributed by atoms with Crippen molar-refractivity contribution in [2.75, 3.05) is 20.1 Å². The normalized spacial score (nSPS) is 14.8. The Hall–Kier alpha value is -1.85. The summed E-state index contributed by atoms with van der Waals surface area (Å²) in [7, 11) is 1.70. The molecule has 1 aliphatic rings. The number of imide groups is 1. The van der Waals surface area contributed by atoms with Gasteiger partial charge in [-0.25, -0.2) is 4.79 Å². The van der Waals surface area contributed by atoms with E-state index in [1.807, 2.05) is 20.8 Å². The van der Waals surface area contributed by atoms with E-state index in [1.165, 1.54) is 17.1 Å². The smallest absolute Gasteiger partial charge is 0.410 e. The summed E-state index contributed by atoms with van der Waals surface area (Å²) in [5.74, 6) is -0.489. The molecular weight excluding hydrogens is 272 g/mol. The maximum Gasteiger partial charge on any atom is 0.410 e. The molecule has 0 bridgehead atoms. The lowest BCUT2D eigenvalue weighted by Crippen LogP contribution is -2.34. The zero-order valence-electron chi connectivity index (χ0n) is 13.2. The van der Waals surface area contributed by atoms with Gasteiger partial charge in [-0.1, -0.05) is 0 Å². The third kappa shape index (κ3) is 5.97. The van der Waals surface area contributed by atoms with Gasteiger partial charge in [0.05, 0.1) is 0 Å². The predicted molar refractivity (Wildman–Crippen MR) is 78.6 cm³/mol. The Labute approximate surface area is 125 Å². The minimum absolute atomic E-state index is 0.245. The Morgan fingerprint density at radius 1 is 1.14 bits per heavy atom. The molecule has 1 rings (SSSR count). The molecule has 0 radical (unpaired) electrons. The van der Waals surface area contributed by atoms with Crippen LogP contribution in [-0.4, -0.2) is 53.4 Å². The first-order chi connectivity index (χ1) is 9.70. The maximum absolute atomic E-state index is 11.7. The first-order valence-electron chi connectivity index (χ1n) is 7.18. The van der Waals surface area contributed by atoms with Crippen molar-refractivity contribution < 1.29 is 19.1 Å². The minimum atomic E-state index is -0.491. The highest BCUT2D eigenvalue weighted by Gasteiger charge is 2.22. The second-order valence-corrected chi connectivity index (χ2v) is 6.12. The number of rotatable bonds is 6. The summed E-state index contributed by atoms with van der Waals surface area (Å²) in [4.78, 5) is 37.1. The maximum atomic E-state index is 11.7. The molecule has 1 heterocycles. The third-order valence-electron chi connectivity index (χ3n) is 2.98. The lowest BCUT2D eigenvalue weighted by molar-refractivity contribution is -0.136. The zero-order chi connectivity index (χ0) is 16.0. The summed E-state index contributed by atoms with van der Waals surface area (Å²) in [5, 5.41) is 0. The zero-order valence-corrected chi connectivity index (χ0v) is 13.2. The van der Waals surface area contributed by atoms with E-state index in [0.717, 1.165) is 19.3 Å². The largest absolute Gasteiger partial charge is 0.444 e. The lowest BCUT2D eigenvalue weighted by Gasteiger charge is -2.24. The fraction of sp³-hybridized carbons (Fsp3) is 0.667. The molecule has 0 saturated heterocycles. The quantitative estimate of drug-likeness (QED) is 0.555. The van der Waals surface area contributed by atoms with Crippen LogP contribution in [0.15, 0.2) is 12.2 Å². The molecule has 21 heavy (non-hydrogen) atoms. The van der Waals surface area contributed by atoms with Crippen molar-refractivity contribution in [2.24, 2.45) is 0 Å². The summed E-state index contributed by atoms with van der Waals surface area (Å²) in [6.07, 6.45) is 4.62. The van der Waals surface area contributed by atoms with Crippen molar-refractivity contribution in [3.05, 3.63) is 12.2 Å². The van der Waals surface area contributed by atoms with Crippen LogP contribution in [-0.2, 0) is 14.3 Å². The molecule has 0 N–H and O–H groups in total. The van der Waals surface area contributed by atoms with E-state index in [1.54, 1.807) is 11.9 Å². The molecule has 3 amide bonds. The molecule has 0 atom stereocenters. The van der Waals surface area contributed by atoms with Gasteiger partial charge in [0.2, 0.25) is 0 Å². The molecular formula is C15H24N2O4. The van der Waals surface area contributed by atoms with Gasteiger partial charge in [-0.3, -0.25) is 14.5 Å². The van der Waals surface area contributed by atoms with Crippen LogP contribution in [0.1, 0.15) is 40.0 Å². The van der Waals surface area contributed by atoms with Crippen molar-refractivity contribution in [3.63, 3.8) is 0 Å². The van der Waals surface area contributed by atoms with Gasteiger partial charge in [0, 0.05) is 32.3 Å². The van der Waals surface area contributed by atoms with Crippen molar-refractivity contribution in [1.82, 2.24) is 9.80 Å². The molecule has 6 heteroatoms. The topological polar surface area (TPSA) is 66.9 Å². The van der Waals surface area contributed by atoms with Gasteiger partial charge in [-0.2, -0.15) is 0 Å². The summed E-state index contributed by atoms with van der Waals surface area (Å²) in [6.45, 7) is 6.51. The summed E-state index contributed by atoms with van der Waals surface area (Å²) in [5.41, 5.74) is -0.491. The second-order valence-electron chi connectivity index (χ2n) is 6.12. The SMILES string of the molecule is CN(CCCCCN1C(=O)C=CC1=O)C(=O)OC(C)(C)C. The highest BCUT2D eigenvalue weighted by molar-refractivity contribution is 6.12. The Balaban J connectivity index is 2.15. The molecule has 1 aliphatic heterocycles. The fourth-order valence-electron chi connectivity index (χ4n) is 1.88. The van der Waals surface area contributed by atoms with Gasteiger partial charge in [-0.15, -0.1) is 0 Å². The van der Waals surface area contributed by atoms with Crippen LogP contribution < -0.4 is 0 Å². The molecule has 0 aliphatic carbocycles. The molecule has 0 unspecified atom stereocenters. The van der Waals surface area contributed by atoms with Gasteiger partial charge in [0.1, 0.15) is 5.60 Å². The Morgan fingerprint density at radius 2 is 1.71 bits per heavy atom. The number of hydrogen-bond donors (Lipinski definition) is 0. The van der Waals surface area contributed by atoms with Crippen molar-refractivity contribution in [2.45, 2.75) is 45.6 Å². The van der Waals surface area contributed by atoms with Crippen LogP contribution in [0.5, 0.6) is 0 Å². The monoisotopic (exact) mass is 296 g/mol. The number of amides is 3. The summed E-state index contributed by atoms with van der Waals surface area (Å²) in [6, 6.07) is 0. The van der Waals surface area contributed by atoms with Crippen LogP contribution in [0.4, 0.5) is 4.79 Å². The van der Waals surface area contributed by atoms with Crippen LogP contribution in [0.3, 0.4) is 0 Å². The van der Waals surface area contributed by atoms with E-state index in [4.69, 9.17) is 4.74 Å². The van der Waals surface area contributed by atoms with Gasteiger partial charge < -0.3 is 9.64 Å². The Morgan fingerprint density at radius 3 is 2.24 bits per heavy atom. The van der Waals surface area contributed by atoms with Gasteiger partial charge in [0.15, 0.2) is 0 Å². The molecule has 6 nitrogen and oxygen atoms in total. The summed E-state index contributed by atoms with van der Waals surface area (Å²) < 4.78 is 5.25. The fourth-order valence-corrected chi connectivity index (χ4v) is 1.88. The summed E-state index contributed by atoms with van der Waals surface area (Å²) >= 11 is 0. The van der Waals surface area contributed by atoms with Crippen LogP contribution in [0.2, 0.25) is 0 Å². The standard InChI is InChI=1S/C15H24N2O4/c1-15(2,3)21-14(20)16(4)10-6-5-7-11-17-12(18)8-9-13(17)19/h8-9H,5-7,10-11H2,1-4H3. The van der Waals surface area contributed by atoms with E-state index < -0.39 is 5.60 Å². The number of unbranched alkanes of at least 4 members (excludes halogenated alkanes) is 2. The molecule has 118 valence electrons. The number of carbonyl (C=O) groups is 3. The average Bonchev–Trinajstić information content (AvgIpc) is 2.67. The van der Waals surface area contributed by atoms with Crippen molar-refractivity contribution >= 4 is 17.9 Å². The molecule has 0 aromatic heterocycles. The molecule has 0 spiro atoms. The van der Waals surface area contributed by atoms with E-state index in [9.17, 15) is 14.4 Å². The van der Waals surface area contributed by atoms with E-state index in [0.29, 0.717) is 13.1 Å². The number of nitrogens with zero attached hydrogens (tertiary/aromatic N) is 2. The number of ether oxygens (including phenoxy) is 1. The van der Waals surface area contributed by atoms with Gasteiger partial charge in [0.25, 0.3) is 11.8 Å². The molecule has 0 fully saturated rings. The van der Waals surface area contributed by atoms with Crippen LogP contribution in [0, 0.1) is 0 Å². The number of hydrogen-bond acceptors (Lipinski definition) is 4. The first-order valence-corrected chi connectivity index (χ1v) is 7.18. The van der Waals surface area contributed by atoms with Gasteiger partial charge in [-0.05, 0) is 40.0 Å². The highest BCUT2D eigenvalue weighted by Crippen LogP contribution is 2.10. The minimum Gasteiger partial charge on any atom is -0.444 e. The Kier molecular flexibility index (Phi) is 5.93. The van der Waals surface area contributed by atoms with Gasteiger partial charge >= 0.3 is 6.09 Å². The van der Waals surface area contributed by atoms with E-state index in [2.05, 4.69) is 0 Å². The van der Waals surface area contributed by atoms with Crippen molar-refractivity contribution in [3.8, 4) is 0 Å². The average molecular weight is 296 g/mol. The second kappa shape index (κ2) is 7.24. The van der Waals surface area contributed by atoms with Crippen molar-refractivity contribution in [1.29, 1.82) is 0 Å². The lowest BCUT2D eigenvalue weighted by atomic mass is 10.2. The molecule has 0 aromatic carbocycles. The molecule has 0 aromatic rings. The van der Waals surface area contributed by atoms with Crippen LogP contribution >= 0.6 is 0 Å².